The van der Waals surface area contributed by atoms with Crippen LogP contribution < -0.4 is 4.74 Å². The van der Waals surface area contributed by atoms with Gasteiger partial charge < -0.3 is 9.30 Å². The second-order valence-corrected chi connectivity index (χ2v) is 4.23. The highest BCUT2D eigenvalue weighted by atomic mass is 35.5. The Morgan fingerprint density at radius 3 is 2.76 bits per heavy atom. The summed E-state index contributed by atoms with van der Waals surface area (Å²) in [6.07, 6.45) is 0. The lowest BCUT2D eigenvalue weighted by molar-refractivity contribution is 0.102. The number of hydrogen-bond acceptors (Lipinski definition) is 2. The van der Waals surface area contributed by atoms with Gasteiger partial charge in [-0.15, -0.1) is 11.6 Å². The fraction of sp³-hybridized carbons (Fsp3) is 0.308. The summed E-state index contributed by atoms with van der Waals surface area (Å²) in [6.45, 7) is 1.92. The van der Waals surface area contributed by atoms with E-state index in [4.69, 9.17) is 16.3 Å². The van der Waals surface area contributed by atoms with Crippen LogP contribution in [0.1, 0.15) is 16.1 Å². The first-order valence-electron chi connectivity index (χ1n) is 5.32. The molecule has 0 radical (unpaired) electrons. The van der Waals surface area contributed by atoms with Crippen molar-refractivity contribution in [3.05, 3.63) is 29.5 Å². The van der Waals surface area contributed by atoms with Gasteiger partial charge in [-0.05, 0) is 25.1 Å². The van der Waals surface area contributed by atoms with Crippen molar-refractivity contribution in [2.24, 2.45) is 7.05 Å². The van der Waals surface area contributed by atoms with E-state index in [1.807, 2.05) is 36.7 Å². The highest BCUT2D eigenvalue weighted by Crippen LogP contribution is 2.29. The number of ether oxygens (including phenoxy) is 1. The van der Waals surface area contributed by atoms with Crippen molar-refractivity contribution in [2.45, 2.75) is 6.92 Å². The van der Waals surface area contributed by atoms with Crippen molar-refractivity contribution in [2.75, 3.05) is 13.0 Å². The molecule has 3 nitrogen and oxygen atoms in total. The standard InChI is InChI=1S/C13H14ClNO2/c1-8-13(12(16)7-14)10-6-9(17-3)4-5-11(10)15(8)2/h4-6H,7H2,1-3H3. The number of methoxy groups -OCH3 is 1. The third-order valence-corrected chi connectivity index (χ3v) is 3.34. The summed E-state index contributed by atoms with van der Waals surface area (Å²) in [4.78, 5) is 11.9. The maximum atomic E-state index is 11.9. The van der Waals surface area contributed by atoms with Gasteiger partial charge in [-0.3, -0.25) is 4.79 Å². The smallest absolute Gasteiger partial charge is 0.180 e. The number of halogens is 1. The number of carbonyl (C=O) groups excluding carboxylic acids is 1. The maximum absolute atomic E-state index is 11.9. The van der Waals surface area contributed by atoms with E-state index in [2.05, 4.69) is 0 Å². The molecular weight excluding hydrogens is 238 g/mol. The molecule has 0 bridgehead atoms. The molecule has 0 N–H and O–H groups in total. The Labute approximate surface area is 105 Å². The number of ketones is 1. The first-order chi connectivity index (χ1) is 8.10. The van der Waals surface area contributed by atoms with E-state index in [9.17, 15) is 4.79 Å². The number of hydrogen-bond donors (Lipinski definition) is 0. The molecular formula is C13H14ClNO2. The van der Waals surface area contributed by atoms with Gasteiger partial charge in [-0.25, -0.2) is 0 Å². The molecule has 17 heavy (non-hydrogen) atoms. The Hall–Kier alpha value is -1.48. The summed E-state index contributed by atoms with van der Waals surface area (Å²) in [7, 11) is 3.55. The number of aryl methyl sites for hydroxylation is 1. The predicted octanol–water partition coefficient (Wildman–Crippen LogP) is 2.92. The number of alkyl halides is 1. The minimum absolute atomic E-state index is 0.00281. The maximum Gasteiger partial charge on any atom is 0.180 e. The Morgan fingerprint density at radius 1 is 1.47 bits per heavy atom. The Kier molecular flexibility index (Phi) is 3.11. The molecule has 1 aromatic carbocycles. The molecule has 0 spiro atoms. The molecule has 90 valence electrons. The SMILES string of the molecule is COc1ccc2c(c1)c(C(=O)CCl)c(C)n2C. The van der Waals surface area contributed by atoms with Gasteiger partial charge in [0.05, 0.1) is 13.0 Å². The summed E-state index contributed by atoms with van der Waals surface area (Å²) in [5.74, 6) is 0.687. The molecule has 0 aliphatic heterocycles. The van der Waals surface area contributed by atoms with Gasteiger partial charge in [-0.2, -0.15) is 0 Å². The fourth-order valence-corrected chi connectivity index (χ4v) is 2.23. The summed E-state index contributed by atoms with van der Waals surface area (Å²) < 4.78 is 7.18. The van der Waals surface area contributed by atoms with Gasteiger partial charge in [0.25, 0.3) is 0 Å². The molecule has 0 unspecified atom stereocenters. The minimum atomic E-state index is -0.0528. The van der Waals surface area contributed by atoms with Crippen LogP contribution in [0.2, 0.25) is 0 Å². The molecule has 2 aromatic rings. The topological polar surface area (TPSA) is 31.2 Å². The van der Waals surface area contributed by atoms with Crippen molar-refractivity contribution in [1.82, 2.24) is 4.57 Å². The van der Waals surface area contributed by atoms with Crippen LogP contribution in [0.25, 0.3) is 10.9 Å². The molecule has 1 aromatic heterocycles. The van der Waals surface area contributed by atoms with Crippen LogP contribution in [0.4, 0.5) is 0 Å². The predicted molar refractivity (Wildman–Crippen MR) is 69.3 cm³/mol. The largest absolute Gasteiger partial charge is 0.497 e. The van der Waals surface area contributed by atoms with Crippen LogP contribution in [0.15, 0.2) is 18.2 Å². The Bertz CT molecular complexity index is 587. The van der Waals surface area contributed by atoms with Crippen molar-refractivity contribution in [3.8, 4) is 5.75 Å². The van der Waals surface area contributed by atoms with Gasteiger partial charge in [0, 0.05) is 29.2 Å². The molecule has 0 aliphatic carbocycles. The number of aromatic nitrogens is 1. The van der Waals surface area contributed by atoms with Crippen LogP contribution >= 0.6 is 11.6 Å². The zero-order valence-corrected chi connectivity index (χ0v) is 10.8. The first-order valence-corrected chi connectivity index (χ1v) is 5.85. The van der Waals surface area contributed by atoms with E-state index in [0.29, 0.717) is 5.56 Å². The lowest BCUT2D eigenvalue weighted by Crippen LogP contribution is -2.02. The van der Waals surface area contributed by atoms with Crippen molar-refractivity contribution in [1.29, 1.82) is 0 Å². The van der Waals surface area contributed by atoms with Crippen molar-refractivity contribution >= 4 is 28.3 Å². The molecule has 4 heteroatoms. The van der Waals surface area contributed by atoms with Crippen molar-refractivity contribution < 1.29 is 9.53 Å². The van der Waals surface area contributed by atoms with Crippen molar-refractivity contribution in [3.63, 3.8) is 0 Å². The van der Waals surface area contributed by atoms with Crippen LogP contribution in [-0.4, -0.2) is 23.3 Å². The average molecular weight is 252 g/mol. The number of Topliss-reactive ketones (excluding diaryl/α,β-unsaturated/α-hetero) is 1. The zero-order valence-electron chi connectivity index (χ0n) is 10.1. The van der Waals surface area contributed by atoms with Gasteiger partial charge in [0.2, 0.25) is 0 Å². The highest BCUT2D eigenvalue weighted by molar-refractivity contribution is 6.32. The second-order valence-electron chi connectivity index (χ2n) is 3.96. The van der Waals surface area contributed by atoms with E-state index in [1.165, 1.54) is 0 Å². The third-order valence-electron chi connectivity index (χ3n) is 3.10. The van der Waals surface area contributed by atoms with Gasteiger partial charge >= 0.3 is 0 Å². The van der Waals surface area contributed by atoms with Gasteiger partial charge in [0.15, 0.2) is 5.78 Å². The third kappa shape index (κ3) is 1.80. The van der Waals surface area contributed by atoms with E-state index in [-0.39, 0.29) is 11.7 Å². The molecule has 0 aliphatic rings. The Morgan fingerprint density at radius 2 is 2.18 bits per heavy atom. The lowest BCUT2D eigenvalue weighted by atomic mass is 10.1. The van der Waals surface area contributed by atoms with Crippen LogP contribution in [0.5, 0.6) is 5.75 Å². The summed E-state index contributed by atoms with van der Waals surface area (Å²) in [5.41, 5.74) is 2.63. The van der Waals surface area contributed by atoms with Gasteiger partial charge in [-0.1, -0.05) is 0 Å². The fourth-order valence-electron chi connectivity index (χ4n) is 2.10. The average Bonchev–Trinajstić information content (AvgIpc) is 2.60. The second kappa shape index (κ2) is 4.41. The highest BCUT2D eigenvalue weighted by Gasteiger charge is 2.17. The van der Waals surface area contributed by atoms with Crippen LogP contribution in [-0.2, 0) is 7.05 Å². The summed E-state index contributed by atoms with van der Waals surface area (Å²) >= 11 is 5.65. The van der Waals surface area contributed by atoms with E-state index >= 15 is 0 Å². The van der Waals surface area contributed by atoms with E-state index in [0.717, 1.165) is 22.3 Å². The van der Waals surface area contributed by atoms with E-state index in [1.54, 1.807) is 7.11 Å². The number of carbonyl (C=O) groups is 1. The molecule has 2 rings (SSSR count). The lowest BCUT2D eigenvalue weighted by Gasteiger charge is -2.01. The molecule has 0 atom stereocenters. The monoisotopic (exact) mass is 251 g/mol. The zero-order chi connectivity index (χ0) is 12.6. The molecule has 0 amide bonds. The molecule has 0 fully saturated rings. The van der Waals surface area contributed by atoms with Gasteiger partial charge in [0.1, 0.15) is 5.75 Å². The molecule has 0 saturated carbocycles. The number of nitrogens with zero attached hydrogens (tertiary/aromatic N) is 1. The van der Waals surface area contributed by atoms with Crippen LogP contribution in [0, 0.1) is 6.92 Å². The quantitative estimate of drug-likeness (QED) is 0.620. The number of benzene rings is 1. The minimum Gasteiger partial charge on any atom is -0.497 e. The summed E-state index contributed by atoms with van der Waals surface area (Å²) in [5, 5.41) is 0.898. The normalized spacial score (nSPS) is 10.8. The number of fused-ring (bicyclic) bond motifs is 1. The molecule has 0 saturated heterocycles. The summed E-state index contributed by atoms with van der Waals surface area (Å²) in [6, 6.07) is 5.71. The first kappa shape index (κ1) is 12.0. The molecule has 1 heterocycles. The van der Waals surface area contributed by atoms with E-state index < -0.39 is 0 Å². The van der Waals surface area contributed by atoms with Crippen LogP contribution in [0.3, 0.4) is 0 Å². The number of rotatable bonds is 3. The Balaban J connectivity index is 2.80.